The Balaban J connectivity index is 0.00000338. The van der Waals surface area contributed by atoms with Crippen LogP contribution in [0.3, 0.4) is 0 Å². The Morgan fingerprint density at radius 3 is 2.50 bits per heavy atom. The molecule has 0 spiro atoms. The lowest BCUT2D eigenvalue weighted by molar-refractivity contribution is -0.0855. The fourth-order valence-corrected chi connectivity index (χ4v) is 3.06. The quantitative estimate of drug-likeness (QED) is 0.339. The van der Waals surface area contributed by atoms with Gasteiger partial charge in [0.1, 0.15) is 5.76 Å². The van der Waals surface area contributed by atoms with E-state index in [-0.39, 0.29) is 29.6 Å². The van der Waals surface area contributed by atoms with Crippen molar-refractivity contribution in [2.45, 2.75) is 58.6 Å². The first-order valence-corrected chi connectivity index (χ1v) is 9.29. The van der Waals surface area contributed by atoms with Gasteiger partial charge in [0.2, 0.25) is 0 Å². The average molecular weight is 480 g/mol. The van der Waals surface area contributed by atoms with Gasteiger partial charge in [-0.25, -0.2) is 4.99 Å². The molecule has 0 bridgehead atoms. The summed E-state index contributed by atoms with van der Waals surface area (Å²) in [4.78, 5) is 4.73. The van der Waals surface area contributed by atoms with Crippen LogP contribution in [-0.2, 0) is 28.9 Å². The SMILES string of the molecule is CCNC(=NCc1c(CC)noc1CC)NCC1(OC)CCOCC1.I. The predicted molar refractivity (Wildman–Crippen MR) is 113 cm³/mol. The molecule has 2 rings (SSSR count). The largest absolute Gasteiger partial charge is 0.381 e. The zero-order chi connectivity index (χ0) is 18.1. The Morgan fingerprint density at radius 2 is 1.92 bits per heavy atom. The number of aliphatic imine (C=N–C) groups is 1. The van der Waals surface area contributed by atoms with Crippen molar-refractivity contribution < 1.29 is 14.0 Å². The minimum Gasteiger partial charge on any atom is -0.381 e. The van der Waals surface area contributed by atoms with Crippen LogP contribution in [0.15, 0.2) is 9.52 Å². The van der Waals surface area contributed by atoms with Crippen molar-refractivity contribution in [3.63, 3.8) is 0 Å². The van der Waals surface area contributed by atoms with Gasteiger partial charge in [-0.05, 0) is 13.3 Å². The maximum atomic E-state index is 5.78. The summed E-state index contributed by atoms with van der Waals surface area (Å²) in [6.07, 6.45) is 3.46. The van der Waals surface area contributed by atoms with Gasteiger partial charge in [-0.15, -0.1) is 24.0 Å². The minimum absolute atomic E-state index is 0. The molecular formula is C18H33IN4O3. The molecule has 7 nitrogen and oxygen atoms in total. The van der Waals surface area contributed by atoms with Crippen LogP contribution in [0.25, 0.3) is 0 Å². The van der Waals surface area contributed by atoms with Crippen LogP contribution in [0.4, 0.5) is 0 Å². The highest BCUT2D eigenvalue weighted by Crippen LogP contribution is 2.23. The standard InChI is InChI=1S/C18H32N4O3.HI/c1-5-15-14(16(6-2)25-22-15)12-20-17(19-7-3)21-13-18(23-4)8-10-24-11-9-18;/h5-13H2,1-4H3,(H2,19,20,21);1H. The normalized spacial score (nSPS) is 16.8. The number of methoxy groups -OCH3 is 1. The predicted octanol–water partition coefficient (Wildman–Crippen LogP) is 2.67. The molecule has 0 aromatic carbocycles. The van der Waals surface area contributed by atoms with Gasteiger partial charge in [-0.1, -0.05) is 19.0 Å². The molecule has 26 heavy (non-hydrogen) atoms. The first kappa shape index (κ1) is 23.2. The zero-order valence-corrected chi connectivity index (χ0v) is 18.7. The van der Waals surface area contributed by atoms with E-state index in [1.54, 1.807) is 7.11 Å². The number of rotatable bonds is 8. The fourth-order valence-electron chi connectivity index (χ4n) is 3.06. The van der Waals surface area contributed by atoms with Gasteiger partial charge in [-0.2, -0.15) is 0 Å². The van der Waals surface area contributed by atoms with E-state index >= 15 is 0 Å². The van der Waals surface area contributed by atoms with Crippen LogP contribution >= 0.6 is 24.0 Å². The lowest BCUT2D eigenvalue weighted by Crippen LogP contribution is -2.50. The Hall–Kier alpha value is -0.870. The van der Waals surface area contributed by atoms with Crippen molar-refractivity contribution in [2.24, 2.45) is 4.99 Å². The monoisotopic (exact) mass is 480 g/mol. The van der Waals surface area contributed by atoms with Gasteiger partial charge in [0.15, 0.2) is 5.96 Å². The summed E-state index contributed by atoms with van der Waals surface area (Å²) >= 11 is 0. The second-order valence-corrected chi connectivity index (χ2v) is 6.29. The molecule has 0 atom stereocenters. The molecule has 1 saturated heterocycles. The third kappa shape index (κ3) is 6.09. The minimum atomic E-state index is -0.186. The van der Waals surface area contributed by atoms with E-state index in [2.05, 4.69) is 36.6 Å². The van der Waals surface area contributed by atoms with E-state index in [0.717, 1.165) is 68.4 Å². The number of ether oxygens (including phenoxy) is 2. The Bertz CT molecular complexity index is 535. The number of hydrogen-bond acceptors (Lipinski definition) is 5. The van der Waals surface area contributed by atoms with E-state index in [0.29, 0.717) is 13.1 Å². The summed E-state index contributed by atoms with van der Waals surface area (Å²) in [5, 5.41) is 10.9. The maximum absolute atomic E-state index is 5.78. The second kappa shape index (κ2) is 11.8. The van der Waals surface area contributed by atoms with E-state index in [1.807, 2.05) is 0 Å². The van der Waals surface area contributed by atoms with Crippen LogP contribution in [0.2, 0.25) is 0 Å². The molecule has 1 aromatic rings. The van der Waals surface area contributed by atoms with Crippen molar-refractivity contribution in [2.75, 3.05) is 33.4 Å². The highest BCUT2D eigenvalue weighted by Gasteiger charge is 2.32. The van der Waals surface area contributed by atoms with Crippen LogP contribution < -0.4 is 10.6 Å². The molecule has 2 N–H and O–H groups in total. The molecule has 0 aliphatic carbocycles. The van der Waals surface area contributed by atoms with Crippen molar-refractivity contribution in [3.05, 3.63) is 17.0 Å². The highest BCUT2D eigenvalue weighted by atomic mass is 127. The van der Waals surface area contributed by atoms with Crippen molar-refractivity contribution in [1.29, 1.82) is 0 Å². The first-order valence-electron chi connectivity index (χ1n) is 9.29. The molecule has 1 aromatic heterocycles. The summed E-state index contributed by atoms with van der Waals surface area (Å²) < 4.78 is 16.7. The fraction of sp³-hybridized carbons (Fsp3) is 0.778. The molecule has 1 aliphatic heterocycles. The summed E-state index contributed by atoms with van der Waals surface area (Å²) in [6, 6.07) is 0. The van der Waals surface area contributed by atoms with Crippen molar-refractivity contribution in [1.82, 2.24) is 15.8 Å². The number of hydrogen-bond donors (Lipinski definition) is 2. The number of nitrogens with one attached hydrogen (secondary N) is 2. The van der Waals surface area contributed by atoms with Gasteiger partial charge in [0.05, 0.1) is 17.8 Å². The van der Waals surface area contributed by atoms with Crippen LogP contribution in [0.1, 0.15) is 50.6 Å². The summed E-state index contributed by atoms with van der Waals surface area (Å²) in [6.45, 7) is 9.78. The Labute approximate surface area is 173 Å². The summed E-state index contributed by atoms with van der Waals surface area (Å²) in [7, 11) is 1.77. The molecule has 0 saturated carbocycles. The van der Waals surface area contributed by atoms with Crippen molar-refractivity contribution in [3.8, 4) is 0 Å². The Kier molecular flexibility index (Phi) is 10.5. The smallest absolute Gasteiger partial charge is 0.191 e. The van der Waals surface area contributed by atoms with Gasteiger partial charge < -0.3 is 24.6 Å². The topological polar surface area (TPSA) is 80.9 Å². The van der Waals surface area contributed by atoms with Gasteiger partial charge in [-0.3, -0.25) is 0 Å². The number of guanidine groups is 1. The molecule has 2 heterocycles. The third-order valence-electron chi connectivity index (χ3n) is 4.76. The highest BCUT2D eigenvalue weighted by molar-refractivity contribution is 14.0. The summed E-state index contributed by atoms with van der Waals surface area (Å²) in [5.41, 5.74) is 1.92. The third-order valence-corrected chi connectivity index (χ3v) is 4.76. The molecule has 0 radical (unpaired) electrons. The second-order valence-electron chi connectivity index (χ2n) is 6.29. The van der Waals surface area contributed by atoms with Gasteiger partial charge in [0, 0.05) is 58.2 Å². The van der Waals surface area contributed by atoms with Crippen LogP contribution in [0.5, 0.6) is 0 Å². The van der Waals surface area contributed by atoms with Crippen LogP contribution in [-0.4, -0.2) is 50.1 Å². The zero-order valence-electron chi connectivity index (χ0n) is 16.4. The maximum Gasteiger partial charge on any atom is 0.191 e. The van der Waals surface area contributed by atoms with E-state index in [4.69, 9.17) is 19.0 Å². The van der Waals surface area contributed by atoms with Gasteiger partial charge in [0.25, 0.3) is 0 Å². The first-order chi connectivity index (χ1) is 12.2. The van der Waals surface area contributed by atoms with Gasteiger partial charge >= 0.3 is 0 Å². The lowest BCUT2D eigenvalue weighted by Gasteiger charge is -2.36. The Morgan fingerprint density at radius 1 is 1.19 bits per heavy atom. The molecule has 1 aliphatic rings. The molecule has 0 amide bonds. The van der Waals surface area contributed by atoms with E-state index < -0.39 is 0 Å². The number of aromatic nitrogens is 1. The van der Waals surface area contributed by atoms with Crippen LogP contribution in [0, 0.1) is 0 Å². The molecular weight excluding hydrogens is 447 g/mol. The summed E-state index contributed by atoms with van der Waals surface area (Å²) in [5.74, 6) is 1.71. The van der Waals surface area contributed by atoms with E-state index in [1.165, 1.54) is 0 Å². The lowest BCUT2D eigenvalue weighted by atomic mass is 9.94. The molecule has 0 unspecified atom stereocenters. The molecule has 8 heteroatoms. The number of halogens is 1. The number of aryl methyl sites for hydroxylation is 2. The average Bonchev–Trinajstić information content (AvgIpc) is 3.06. The van der Waals surface area contributed by atoms with E-state index in [9.17, 15) is 0 Å². The molecule has 150 valence electrons. The molecule has 1 fully saturated rings. The van der Waals surface area contributed by atoms with Crippen molar-refractivity contribution >= 4 is 29.9 Å². The number of nitrogens with zero attached hydrogens (tertiary/aromatic N) is 2.